The van der Waals surface area contributed by atoms with E-state index in [1.54, 1.807) is 0 Å². The van der Waals surface area contributed by atoms with Crippen LogP contribution in [0.25, 0.3) is 0 Å². The number of Topliss-reactive ketones (excluding diaryl/α,β-unsaturated/α-hetero) is 2. The van der Waals surface area contributed by atoms with E-state index >= 15 is 0 Å². The summed E-state index contributed by atoms with van der Waals surface area (Å²) in [4.78, 5) is 41.6. The molecule has 0 saturated carbocycles. The smallest absolute Gasteiger partial charge is 0.255 e. The van der Waals surface area contributed by atoms with Crippen LogP contribution in [-0.2, 0) is 22.6 Å². The van der Waals surface area contributed by atoms with Gasteiger partial charge in [-0.1, -0.05) is 11.6 Å². The molecule has 3 aliphatic carbocycles. The van der Waals surface area contributed by atoms with Gasteiger partial charge in [-0.15, -0.1) is 0 Å². The highest BCUT2D eigenvalue weighted by Gasteiger charge is 2.63. The number of primary amides is 1. The molecule has 38 heavy (non-hydrogen) atoms. The number of allylic oxidation sites excluding steroid dienone is 1. The second-order valence-corrected chi connectivity index (χ2v) is 10.7. The summed E-state index contributed by atoms with van der Waals surface area (Å²) in [6.07, 6.45) is -2.67. The van der Waals surface area contributed by atoms with Crippen LogP contribution in [-0.4, -0.2) is 93.5 Å². The van der Waals surface area contributed by atoms with E-state index < -0.39 is 76.8 Å². The predicted octanol–water partition coefficient (Wildman–Crippen LogP) is 1.47. The van der Waals surface area contributed by atoms with Gasteiger partial charge in [0.2, 0.25) is 5.78 Å². The Balaban J connectivity index is 1.86. The molecule has 0 fully saturated rings. The summed E-state index contributed by atoms with van der Waals surface area (Å²) in [5, 5.41) is 44.4. The van der Waals surface area contributed by atoms with E-state index in [1.807, 2.05) is 0 Å². The molecule has 0 radical (unpaired) electrons. The number of phenols is 1. The van der Waals surface area contributed by atoms with E-state index in [9.17, 15) is 43.6 Å². The van der Waals surface area contributed by atoms with E-state index in [4.69, 9.17) is 17.3 Å². The standard InChI is InChI=1S/C25H28ClF2N3O7/c1-30(2)19-12-5-9-4-11-16(13(32)6-10(18(11)26)7-31(3)8-14(27)28)20(33)15(9)22(35)25(12,38)23(36)17(21(19)34)24(29)37/h6,9,12,14,19,32,34-35,38H,4-5,7-8H2,1-3H3,(H2,29,37)/t9-,12-,19-,25-/m0/s1. The number of fused-ring (bicyclic) bond motifs is 3. The summed E-state index contributed by atoms with van der Waals surface area (Å²) >= 11 is 6.59. The zero-order valence-electron chi connectivity index (χ0n) is 20.8. The number of aliphatic hydroxyl groups excluding tert-OH is 2. The highest BCUT2D eigenvalue weighted by atomic mass is 35.5. The Morgan fingerprint density at radius 2 is 1.87 bits per heavy atom. The van der Waals surface area contributed by atoms with Crippen molar-refractivity contribution in [3.8, 4) is 5.75 Å². The number of phenolic OH excluding ortho intramolecular Hbond substituents is 1. The number of nitrogens with zero attached hydrogens (tertiary/aromatic N) is 2. The first kappa shape index (κ1) is 28.0. The van der Waals surface area contributed by atoms with Gasteiger partial charge < -0.3 is 26.2 Å². The number of carbonyl (C=O) groups excluding carboxylic acids is 3. The summed E-state index contributed by atoms with van der Waals surface area (Å²) < 4.78 is 25.6. The van der Waals surface area contributed by atoms with Gasteiger partial charge in [0.05, 0.1) is 18.2 Å². The molecule has 4 rings (SSSR count). The first-order valence-electron chi connectivity index (χ1n) is 11.8. The van der Waals surface area contributed by atoms with Crippen molar-refractivity contribution in [2.45, 2.75) is 37.5 Å². The normalized spacial score (nSPS) is 27.3. The molecule has 13 heteroatoms. The van der Waals surface area contributed by atoms with Crippen LogP contribution in [0.5, 0.6) is 5.75 Å². The van der Waals surface area contributed by atoms with Crippen molar-refractivity contribution in [3.05, 3.63) is 50.4 Å². The van der Waals surface area contributed by atoms with Crippen molar-refractivity contribution in [2.24, 2.45) is 17.6 Å². The maximum Gasteiger partial charge on any atom is 0.255 e. The molecule has 1 amide bonds. The molecule has 10 nitrogen and oxygen atoms in total. The fourth-order valence-corrected chi connectivity index (χ4v) is 6.35. The molecule has 0 saturated heterocycles. The van der Waals surface area contributed by atoms with Crippen molar-refractivity contribution in [2.75, 3.05) is 27.7 Å². The van der Waals surface area contributed by atoms with Crippen LogP contribution < -0.4 is 5.73 Å². The highest BCUT2D eigenvalue weighted by Crippen LogP contribution is 2.53. The third kappa shape index (κ3) is 4.06. The van der Waals surface area contributed by atoms with Crippen LogP contribution in [0.4, 0.5) is 8.78 Å². The number of hydrogen-bond donors (Lipinski definition) is 5. The largest absolute Gasteiger partial charge is 0.510 e. The molecule has 1 aromatic rings. The zero-order chi connectivity index (χ0) is 28.4. The molecular weight excluding hydrogens is 528 g/mol. The number of nitrogens with two attached hydrogens (primary N) is 1. The van der Waals surface area contributed by atoms with E-state index in [0.717, 1.165) is 0 Å². The maximum atomic E-state index is 13.6. The molecule has 0 aliphatic heterocycles. The van der Waals surface area contributed by atoms with E-state index in [2.05, 4.69) is 0 Å². The average molecular weight is 556 g/mol. The van der Waals surface area contributed by atoms with Crippen LogP contribution in [0.1, 0.15) is 27.9 Å². The fourth-order valence-electron chi connectivity index (χ4n) is 6.06. The number of carbonyl (C=O) groups is 3. The number of benzene rings is 1. The third-order valence-electron chi connectivity index (χ3n) is 7.62. The molecule has 3 aliphatic rings. The van der Waals surface area contributed by atoms with Gasteiger partial charge in [-0.05, 0) is 57.1 Å². The second kappa shape index (κ2) is 9.60. The Morgan fingerprint density at radius 1 is 1.24 bits per heavy atom. The number of ketones is 2. The topological polar surface area (TPSA) is 165 Å². The quantitative estimate of drug-likeness (QED) is 0.327. The Hall–Kier alpha value is -3.06. The Labute approximate surface area is 221 Å². The van der Waals surface area contributed by atoms with E-state index in [1.165, 1.54) is 37.0 Å². The third-order valence-corrected chi connectivity index (χ3v) is 8.09. The average Bonchev–Trinajstić information content (AvgIpc) is 2.78. The van der Waals surface area contributed by atoms with Gasteiger partial charge in [0.25, 0.3) is 12.3 Å². The molecule has 0 spiro atoms. The van der Waals surface area contributed by atoms with Crippen LogP contribution >= 0.6 is 11.6 Å². The number of aliphatic hydroxyl groups is 3. The Morgan fingerprint density at radius 3 is 2.42 bits per heavy atom. The SMILES string of the molecule is CN(Cc1cc(O)c2c(c1Cl)C[C@H]1C[C@H]3[C@H](N(C)C)C(O)=C(C(N)=O)C(=O)[C@@]3(O)C(O)=C1C2=O)CC(F)F. The summed E-state index contributed by atoms with van der Waals surface area (Å²) in [5.74, 6) is -7.60. The fraction of sp³-hybridized carbons (Fsp3) is 0.480. The minimum Gasteiger partial charge on any atom is -0.510 e. The molecule has 4 atom stereocenters. The number of aromatic hydroxyl groups is 1. The van der Waals surface area contributed by atoms with Crippen molar-refractivity contribution in [1.82, 2.24) is 9.80 Å². The lowest BCUT2D eigenvalue weighted by Gasteiger charge is -2.50. The number of alkyl halides is 2. The number of likely N-dealkylation sites (N-methyl/N-ethyl adjacent to an activating group) is 1. The number of halogens is 3. The molecule has 0 bridgehead atoms. The summed E-state index contributed by atoms with van der Waals surface area (Å²) in [7, 11) is 4.52. The van der Waals surface area contributed by atoms with Crippen molar-refractivity contribution in [1.29, 1.82) is 0 Å². The van der Waals surface area contributed by atoms with Gasteiger partial charge >= 0.3 is 0 Å². The molecule has 206 valence electrons. The van der Waals surface area contributed by atoms with Gasteiger partial charge in [0.1, 0.15) is 22.8 Å². The van der Waals surface area contributed by atoms with Gasteiger partial charge in [-0.2, -0.15) is 0 Å². The number of amides is 1. The summed E-state index contributed by atoms with van der Waals surface area (Å²) in [6.45, 7) is -0.577. The van der Waals surface area contributed by atoms with Gasteiger partial charge in [-0.3, -0.25) is 24.2 Å². The highest BCUT2D eigenvalue weighted by molar-refractivity contribution is 6.33. The van der Waals surface area contributed by atoms with Crippen molar-refractivity contribution >= 4 is 29.1 Å². The minimum absolute atomic E-state index is 0.00728. The van der Waals surface area contributed by atoms with E-state index in [0.29, 0.717) is 5.56 Å². The van der Waals surface area contributed by atoms with Crippen LogP contribution in [0.2, 0.25) is 5.02 Å². The summed E-state index contributed by atoms with van der Waals surface area (Å²) in [6, 6.07) is 0.0673. The molecule has 1 aromatic carbocycles. The molecule has 0 unspecified atom stereocenters. The Kier molecular flexibility index (Phi) is 7.06. The lowest BCUT2D eigenvalue weighted by Crippen LogP contribution is -2.63. The van der Waals surface area contributed by atoms with Crippen LogP contribution in [0.15, 0.2) is 28.7 Å². The lowest BCUT2D eigenvalue weighted by atomic mass is 9.58. The van der Waals surface area contributed by atoms with Crippen molar-refractivity contribution in [3.63, 3.8) is 0 Å². The zero-order valence-corrected chi connectivity index (χ0v) is 21.6. The maximum absolute atomic E-state index is 13.6. The van der Waals surface area contributed by atoms with Gasteiger partial charge in [0.15, 0.2) is 11.4 Å². The van der Waals surface area contributed by atoms with Gasteiger partial charge in [0, 0.05) is 23.1 Å². The first-order chi connectivity index (χ1) is 17.6. The minimum atomic E-state index is -2.73. The first-order valence-corrected chi connectivity index (χ1v) is 12.1. The summed E-state index contributed by atoms with van der Waals surface area (Å²) in [5.41, 5.74) is 1.69. The molecule has 0 aromatic heterocycles. The number of hydrogen-bond acceptors (Lipinski definition) is 9. The predicted molar refractivity (Wildman–Crippen MR) is 131 cm³/mol. The lowest BCUT2D eigenvalue weighted by molar-refractivity contribution is -0.148. The van der Waals surface area contributed by atoms with Crippen molar-refractivity contribution < 1.29 is 43.6 Å². The van der Waals surface area contributed by atoms with E-state index in [-0.39, 0.29) is 41.1 Å². The molecule has 6 N–H and O–H groups in total. The second-order valence-electron chi connectivity index (χ2n) is 10.3. The van der Waals surface area contributed by atoms with Crippen LogP contribution in [0, 0.1) is 11.8 Å². The molecular formula is C25H28ClF2N3O7. The van der Waals surface area contributed by atoms with Gasteiger partial charge in [-0.25, -0.2) is 8.78 Å². The molecule has 0 heterocycles. The number of rotatable bonds is 6. The monoisotopic (exact) mass is 555 g/mol. The van der Waals surface area contributed by atoms with Crippen LogP contribution in [0.3, 0.4) is 0 Å². The Bertz CT molecular complexity index is 1310.